The highest BCUT2D eigenvalue weighted by Crippen LogP contribution is 2.24. The van der Waals surface area contributed by atoms with Gasteiger partial charge in [-0.05, 0) is 30.5 Å². The summed E-state index contributed by atoms with van der Waals surface area (Å²) in [6.45, 7) is 1.37. The third-order valence-corrected chi connectivity index (χ3v) is 4.10. The first-order valence-corrected chi connectivity index (χ1v) is 8.73. The maximum Gasteiger partial charge on any atom is 0.242 e. The molecule has 1 saturated heterocycles. The van der Waals surface area contributed by atoms with Crippen molar-refractivity contribution in [3.63, 3.8) is 0 Å². The second kappa shape index (κ2) is 8.98. The van der Waals surface area contributed by atoms with Crippen LogP contribution < -0.4 is 5.73 Å². The van der Waals surface area contributed by atoms with Crippen molar-refractivity contribution >= 4 is 11.5 Å². The molecule has 150 valence electrons. The zero-order valence-corrected chi connectivity index (χ0v) is 14.9. The van der Waals surface area contributed by atoms with E-state index >= 15 is 0 Å². The molecule has 0 bridgehead atoms. The Morgan fingerprint density at radius 3 is 2.79 bits per heavy atom. The molecule has 0 saturated carbocycles. The van der Waals surface area contributed by atoms with Gasteiger partial charge in [0.15, 0.2) is 5.82 Å². The van der Waals surface area contributed by atoms with Gasteiger partial charge in [-0.1, -0.05) is 0 Å². The normalized spacial score (nSPS) is 16.8. The van der Waals surface area contributed by atoms with Crippen molar-refractivity contribution < 1.29 is 23.0 Å². The summed E-state index contributed by atoms with van der Waals surface area (Å²) in [6, 6.07) is 4.19. The first-order valence-electron chi connectivity index (χ1n) is 8.73. The molecule has 0 amide bonds. The number of fused-ring (bicyclic) bond motifs is 1. The second-order valence-corrected chi connectivity index (χ2v) is 6.31. The summed E-state index contributed by atoms with van der Waals surface area (Å²) in [4.78, 5) is 7.79. The van der Waals surface area contributed by atoms with Crippen LogP contribution in [0.5, 0.6) is 0 Å². The van der Waals surface area contributed by atoms with Crippen LogP contribution in [0.4, 0.5) is 19.1 Å². The summed E-state index contributed by atoms with van der Waals surface area (Å²) in [6.07, 6.45) is 1.55. The smallest absolute Gasteiger partial charge is 0.242 e. The summed E-state index contributed by atoms with van der Waals surface area (Å²) in [5.74, 6) is -0.561. The average Bonchev–Trinajstić information content (AvgIpc) is 2.98. The number of alkyl halides is 2. The van der Waals surface area contributed by atoms with E-state index in [-0.39, 0.29) is 17.6 Å². The molecule has 3 aromatic heterocycles. The largest absolute Gasteiger partial charge is 0.391 e. The summed E-state index contributed by atoms with van der Waals surface area (Å²) >= 11 is 0. The highest BCUT2D eigenvalue weighted by Gasteiger charge is 2.15. The van der Waals surface area contributed by atoms with Gasteiger partial charge in [0.1, 0.15) is 5.52 Å². The number of aliphatic hydroxyl groups is 1. The lowest BCUT2D eigenvalue weighted by Gasteiger charge is -2.15. The standard InChI is InChI=1S/C13H10F3N5.C5H10O2/c14-8-5-10(21-11(8)6-19-13(17)20-21)9-3-7(1-2-18-9)4-12(15)16;6-5-2-1-3-7-4-5/h1-3,5-6,12H,4H2,(H2,17,20);5-6H,1-4H2. The van der Waals surface area contributed by atoms with Gasteiger partial charge >= 0.3 is 0 Å². The zero-order chi connectivity index (χ0) is 20.1. The van der Waals surface area contributed by atoms with Gasteiger partial charge in [-0.2, -0.15) is 0 Å². The van der Waals surface area contributed by atoms with E-state index in [1.54, 1.807) is 0 Å². The van der Waals surface area contributed by atoms with Crippen LogP contribution in [0.15, 0.2) is 30.6 Å². The van der Waals surface area contributed by atoms with Crippen LogP contribution in [0.3, 0.4) is 0 Å². The van der Waals surface area contributed by atoms with Crippen molar-refractivity contribution in [3.05, 3.63) is 42.0 Å². The predicted molar refractivity (Wildman–Crippen MR) is 96.4 cm³/mol. The van der Waals surface area contributed by atoms with Crippen molar-refractivity contribution in [2.45, 2.75) is 31.8 Å². The summed E-state index contributed by atoms with van der Waals surface area (Å²) < 4.78 is 44.9. The Balaban J connectivity index is 0.000000271. The minimum Gasteiger partial charge on any atom is -0.391 e. The molecule has 10 heteroatoms. The topological polar surface area (TPSA) is 98.6 Å². The van der Waals surface area contributed by atoms with Crippen LogP contribution in [-0.4, -0.2) is 50.4 Å². The number of halogens is 3. The molecule has 3 N–H and O–H groups in total. The number of hydrogen-bond acceptors (Lipinski definition) is 6. The van der Waals surface area contributed by atoms with Gasteiger partial charge in [-0.25, -0.2) is 22.7 Å². The van der Waals surface area contributed by atoms with E-state index in [1.807, 2.05) is 0 Å². The van der Waals surface area contributed by atoms with Crippen molar-refractivity contribution in [3.8, 4) is 11.4 Å². The molecule has 0 spiro atoms. The molecule has 0 aromatic carbocycles. The predicted octanol–water partition coefficient (Wildman–Crippen LogP) is 2.48. The molecule has 3 aromatic rings. The first kappa shape index (κ1) is 20.0. The van der Waals surface area contributed by atoms with E-state index in [0.29, 0.717) is 23.6 Å². The van der Waals surface area contributed by atoms with Crippen molar-refractivity contribution in [1.29, 1.82) is 0 Å². The van der Waals surface area contributed by atoms with Gasteiger partial charge in [0.25, 0.3) is 0 Å². The Hall–Kier alpha value is -2.72. The number of aromatic nitrogens is 4. The van der Waals surface area contributed by atoms with Crippen LogP contribution in [0.2, 0.25) is 0 Å². The van der Waals surface area contributed by atoms with E-state index in [9.17, 15) is 13.2 Å². The Morgan fingerprint density at radius 2 is 2.14 bits per heavy atom. The van der Waals surface area contributed by atoms with Crippen LogP contribution in [-0.2, 0) is 11.2 Å². The average molecular weight is 395 g/mol. The number of nitrogens with zero attached hydrogens (tertiary/aromatic N) is 4. The lowest BCUT2D eigenvalue weighted by Crippen LogP contribution is -2.21. The molecular formula is C18H20F3N5O2. The highest BCUT2D eigenvalue weighted by molar-refractivity contribution is 5.64. The highest BCUT2D eigenvalue weighted by atomic mass is 19.3. The fourth-order valence-electron chi connectivity index (χ4n) is 2.79. The lowest BCUT2D eigenvalue weighted by atomic mass is 10.1. The Bertz CT molecular complexity index is 929. The maximum absolute atomic E-state index is 13.8. The summed E-state index contributed by atoms with van der Waals surface area (Å²) in [5.41, 5.74) is 6.70. The second-order valence-electron chi connectivity index (χ2n) is 6.31. The monoisotopic (exact) mass is 395 g/mol. The molecule has 1 atom stereocenters. The van der Waals surface area contributed by atoms with Crippen molar-refractivity contribution in [2.75, 3.05) is 18.9 Å². The number of hydrogen-bond donors (Lipinski definition) is 2. The molecule has 4 rings (SSSR count). The summed E-state index contributed by atoms with van der Waals surface area (Å²) in [7, 11) is 0. The molecule has 1 aliphatic rings. The van der Waals surface area contributed by atoms with Gasteiger partial charge in [0.2, 0.25) is 12.4 Å². The molecule has 1 unspecified atom stereocenters. The third-order valence-electron chi connectivity index (χ3n) is 4.10. The molecule has 0 radical (unpaired) electrons. The summed E-state index contributed by atoms with van der Waals surface area (Å²) in [5, 5.41) is 12.7. The number of aliphatic hydroxyl groups excluding tert-OH is 1. The third kappa shape index (κ3) is 4.96. The van der Waals surface area contributed by atoms with Crippen molar-refractivity contribution in [1.82, 2.24) is 19.6 Å². The fourth-order valence-corrected chi connectivity index (χ4v) is 2.79. The maximum atomic E-state index is 13.8. The molecule has 1 aliphatic heterocycles. The zero-order valence-electron chi connectivity index (χ0n) is 14.9. The molecular weight excluding hydrogens is 375 g/mol. The Morgan fingerprint density at radius 1 is 1.32 bits per heavy atom. The van der Waals surface area contributed by atoms with E-state index in [2.05, 4.69) is 15.1 Å². The minimum absolute atomic E-state index is 0.0249. The van der Waals surface area contributed by atoms with E-state index < -0.39 is 18.7 Å². The van der Waals surface area contributed by atoms with Crippen LogP contribution in [0.25, 0.3) is 16.9 Å². The fraction of sp³-hybridized carbons (Fsp3) is 0.389. The molecule has 1 fully saturated rings. The van der Waals surface area contributed by atoms with E-state index in [1.165, 1.54) is 35.1 Å². The van der Waals surface area contributed by atoms with Gasteiger partial charge in [0.05, 0.1) is 30.3 Å². The lowest BCUT2D eigenvalue weighted by molar-refractivity contribution is -0.00535. The molecule has 28 heavy (non-hydrogen) atoms. The Labute approximate surface area is 159 Å². The molecule has 7 nitrogen and oxygen atoms in total. The van der Waals surface area contributed by atoms with E-state index in [4.69, 9.17) is 15.6 Å². The number of anilines is 1. The number of nitrogen functional groups attached to an aromatic ring is 1. The van der Waals surface area contributed by atoms with Crippen LogP contribution in [0.1, 0.15) is 18.4 Å². The number of pyridine rings is 1. The van der Waals surface area contributed by atoms with Crippen LogP contribution >= 0.6 is 0 Å². The van der Waals surface area contributed by atoms with Crippen molar-refractivity contribution in [2.24, 2.45) is 0 Å². The number of ether oxygens (including phenoxy) is 1. The van der Waals surface area contributed by atoms with Gasteiger partial charge in [-0.3, -0.25) is 4.98 Å². The van der Waals surface area contributed by atoms with Gasteiger partial charge in [-0.15, -0.1) is 5.10 Å². The van der Waals surface area contributed by atoms with Gasteiger partial charge < -0.3 is 15.6 Å². The van der Waals surface area contributed by atoms with Gasteiger partial charge in [0, 0.05) is 25.3 Å². The first-order chi connectivity index (χ1) is 13.4. The number of nitrogens with two attached hydrogens (primary N) is 1. The minimum atomic E-state index is -2.46. The Kier molecular flexibility index (Phi) is 6.42. The number of rotatable bonds is 3. The quantitative estimate of drug-likeness (QED) is 0.707. The molecule has 4 heterocycles. The molecule has 0 aliphatic carbocycles. The van der Waals surface area contributed by atoms with Crippen LogP contribution in [0, 0.1) is 5.82 Å². The SMILES string of the molecule is Nc1ncc2c(F)cc(-c3cc(CC(F)F)ccn3)n2n1.OC1CCCOC1. The van der Waals surface area contributed by atoms with E-state index in [0.717, 1.165) is 19.4 Å².